The molecule has 0 saturated heterocycles. The minimum absolute atomic E-state index is 0.150. The van der Waals surface area contributed by atoms with E-state index in [-0.39, 0.29) is 21.7 Å². The first-order chi connectivity index (χ1) is 22.0. The fraction of sp³-hybridized carbons (Fsp3) is 0.810. The molecule has 5 aliphatic carbocycles. The minimum atomic E-state index is -0.847. The molecule has 5 saturated carbocycles. The van der Waals surface area contributed by atoms with Crippen molar-refractivity contribution in [2.45, 2.75) is 125 Å². The zero-order valence-electron chi connectivity index (χ0n) is 31.3. The van der Waals surface area contributed by atoms with E-state index in [4.69, 9.17) is 0 Å². The number of benzene rings is 1. The molecule has 5 nitrogen and oxygen atoms in total. The van der Waals surface area contributed by atoms with E-state index in [0.29, 0.717) is 58.3 Å². The molecule has 0 aliphatic heterocycles. The minimum Gasteiger partial charge on any atom is -0.478 e. The van der Waals surface area contributed by atoms with Crippen LogP contribution in [-0.4, -0.2) is 49.1 Å². The summed E-state index contributed by atoms with van der Waals surface area (Å²) < 4.78 is 0. The molecule has 0 bridgehead atoms. The van der Waals surface area contributed by atoms with E-state index in [1.165, 1.54) is 56.9 Å². The highest BCUT2D eigenvalue weighted by Crippen LogP contribution is 2.78. The summed E-state index contributed by atoms with van der Waals surface area (Å²) in [5.41, 5.74) is 2.50. The summed E-state index contributed by atoms with van der Waals surface area (Å²) in [5, 5.41) is 13.0. The number of carboxylic acid groups (broad SMARTS) is 1. The SMILES string of the molecule is CC(C)C1CC[C@]2(C(=O)NCCCN(C)C)CC[C@]3(C)[C@H](CC[C@@H]4[C@@]5(C)CC[C@@H](c6ccc(C(=O)O)cc6)C(C)(C)[C@@H]5CC[C@]43C)[C@@H]12. The lowest BCUT2D eigenvalue weighted by Gasteiger charge is -2.73. The average molecular weight is 647 g/mol. The van der Waals surface area contributed by atoms with Crippen molar-refractivity contribution in [3.63, 3.8) is 0 Å². The quantitative estimate of drug-likeness (QED) is 0.276. The lowest BCUT2D eigenvalue weighted by atomic mass is 9.31. The van der Waals surface area contributed by atoms with Gasteiger partial charge in [-0.1, -0.05) is 60.6 Å². The summed E-state index contributed by atoms with van der Waals surface area (Å²) in [6, 6.07) is 7.80. The van der Waals surface area contributed by atoms with E-state index in [2.05, 4.69) is 84.9 Å². The van der Waals surface area contributed by atoms with Crippen LogP contribution in [0.5, 0.6) is 0 Å². The summed E-state index contributed by atoms with van der Waals surface area (Å²) >= 11 is 0. The molecule has 0 spiro atoms. The monoisotopic (exact) mass is 647 g/mol. The van der Waals surface area contributed by atoms with Crippen molar-refractivity contribution in [1.29, 1.82) is 0 Å². The Labute approximate surface area is 286 Å². The molecule has 47 heavy (non-hydrogen) atoms. The van der Waals surface area contributed by atoms with Gasteiger partial charge in [-0.05, 0) is 172 Å². The maximum absolute atomic E-state index is 14.3. The van der Waals surface area contributed by atoms with Gasteiger partial charge in [0.05, 0.1) is 11.0 Å². The predicted octanol–water partition coefficient (Wildman–Crippen LogP) is 9.27. The smallest absolute Gasteiger partial charge is 0.335 e. The first-order valence-electron chi connectivity index (χ1n) is 19.3. The van der Waals surface area contributed by atoms with Crippen LogP contribution in [0.3, 0.4) is 0 Å². The summed E-state index contributed by atoms with van der Waals surface area (Å²) in [6.45, 7) is 19.8. The molecule has 1 unspecified atom stereocenters. The van der Waals surface area contributed by atoms with Gasteiger partial charge in [-0.2, -0.15) is 0 Å². The van der Waals surface area contributed by atoms with E-state index in [9.17, 15) is 14.7 Å². The fourth-order valence-corrected chi connectivity index (χ4v) is 14.0. The molecule has 6 rings (SSSR count). The molecule has 262 valence electrons. The van der Waals surface area contributed by atoms with Crippen molar-refractivity contribution in [3.8, 4) is 0 Å². The zero-order chi connectivity index (χ0) is 34.2. The second-order valence-corrected chi connectivity index (χ2v) is 19.0. The van der Waals surface area contributed by atoms with Gasteiger partial charge in [-0.3, -0.25) is 4.79 Å². The van der Waals surface area contributed by atoms with Crippen LogP contribution in [0.4, 0.5) is 0 Å². The molecule has 0 aromatic heterocycles. The highest BCUT2D eigenvalue weighted by atomic mass is 16.4. The fourth-order valence-electron chi connectivity index (χ4n) is 14.0. The third-order valence-electron chi connectivity index (χ3n) is 16.5. The molecule has 2 N–H and O–H groups in total. The number of carbonyl (C=O) groups excluding carboxylic acids is 1. The summed E-state index contributed by atoms with van der Waals surface area (Å²) in [6.07, 6.45) is 13.1. The van der Waals surface area contributed by atoms with Gasteiger partial charge < -0.3 is 15.3 Å². The van der Waals surface area contributed by atoms with Crippen molar-refractivity contribution in [1.82, 2.24) is 10.2 Å². The number of rotatable bonds is 8. The maximum atomic E-state index is 14.3. The van der Waals surface area contributed by atoms with Crippen LogP contribution in [0.1, 0.15) is 141 Å². The molecule has 1 aromatic rings. The molecular weight excluding hydrogens is 580 g/mol. The topological polar surface area (TPSA) is 69.6 Å². The molecule has 0 radical (unpaired) electrons. The van der Waals surface area contributed by atoms with Crippen LogP contribution in [-0.2, 0) is 4.79 Å². The average Bonchev–Trinajstić information content (AvgIpc) is 3.41. The highest BCUT2D eigenvalue weighted by Gasteiger charge is 2.72. The highest BCUT2D eigenvalue weighted by molar-refractivity contribution is 5.87. The van der Waals surface area contributed by atoms with Crippen molar-refractivity contribution < 1.29 is 14.7 Å². The summed E-state index contributed by atoms with van der Waals surface area (Å²) in [5.74, 6) is 3.72. The van der Waals surface area contributed by atoms with E-state index >= 15 is 0 Å². The van der Waals surface area contributed by atoms with E-state index in [1.54, 1.807) is 0 Å². The number of hydrogen-bond acceptors (Lipinski definition) is 3. The van der Waals surface area contributed by atoms with Crippen LogP contribution in [0.15, 0.2) is 24.3 Å². The lowest BCUT2D eigenvalue weighted by Crippen LogP contribution is -2.67. The predicted molar refractivity (Wildman–Crippen MR) is 191 cm³/mol. The van der Waals surface area contributed by atoms with Crippen LogP contribution >= 0.6 is 0 Å². The second kappa shape index (κ2) is 12.2. The Morgan fingerprint density at radius 2 is 1.55 bits per heavy atom. The normalized spacial score (nSPS) is 42.3. The van der Waals surface area contributed by atoms with Crippen molar-refractivity contribution >= 4 is 11.9 Å². The molecule has 10 atom stereocenters. The molecule has 0 heterocycles. The summed E-state index contributed by atoms with van der Waals surface area (Å²) in [7, 11) is 4.23. The zero-order valence-corrected chi connectivity index (χ0v) is 31.3. The Kier molecular flexibility index (Phi) is 9.05. The van der Waals surface area contributed by atoms with Crippen LogP contribution < -0.4 is 5.32 Å². The van der Waals surface area contributed by atoms with E-state index in [0.717, 1.165) is 32.4 Å². The Balaban J connectivity index is 1.28. The van der Waals surface area contributed by atoms with E-state index in [1.807, 2.05) is 12.1 Å². The molecule has 5 aliphatic rings. The second-order valence-electron chi connectivity index (χ2n) is 19.0. The van der Waals surface area contributed by atoms with Crippen LogP contribution in [0.25, 0.3) is 0 Å². The van der Waals surface area contributed by atoms with Crippen molar-refractivity contribution in [3.05, 3.63) is 35.4 Å². The van der Waals surface area contributed by atoms with Gasteiger partial charge in [0.1, 0.15) is 0 Å². The largest absolute Gasteiger partial charge is 0.478 e. The number of fused-ring (bicyclic) bond motifs is 7. The molecule has 1 amide bonds. The van der Waals surface area contributed by atoms with Crippen LogP contribution in [0, 0.1) is 62.6 Å². The molecular formula is C42H66N2O3. The standard InChI is InChI=1S/C42H66N2O3/c1-27(2)30-17-22-42(37(47)43-25-10-26-44(8)9)24-23-40(6)32(35(30)42)15-16-34-39(5)20-18-31(28-11-13-29(14-12-28)36(45)46)38(3,4)33(39)19-21-41(34,40)7/h11-14,27,30-35H,10,15-26H2,1-9H3,(H,43,47)(H,45,46)/t30?,31-,32+,33-,34+,35+,39-,40+,41+,42-/m0/s1. The third kappa shape index (κ3) is 5.25. The Morgan fingerprint density at radius 3 is 2.19 bits per heavy atom. The van der Waals surface area contributed by atoms with Crippen molar-refractivity contribution in [2.75, 3.05) is 27.2 Å². The number of nitrogens with zero attached hydrogens (tertiary/aromatic N) is 1. The number of aromatic carboxylic acids is 1. The van der Waals surface area contributed by atoms with Gasteiger partial charge in [0.2, 0.25) is 5.91 Å². The third-order valence-corrected chi connectivity index (χ3v) is 16.5. The van der Waals surface area contributed by atoms with Gasteiger partial charge >= 0.3 is 5.97 Å². The van der Waals surface area contributed by atoms with Gasteiger partial charge in [-0.15, -0.1) is 0 Å². The van der Waals surface area contributed by atoms with Gasteiger partial charge in [0.15, 0.2) is 0 Å². The van der Waals surface area contributed by atoms with Crippen molar-refractivity contribution in [2.24, 2.45) is 62.6 Å². The van der Waals surface area contributed by atoms with E-state index < -0.39 is 5.97 Å². The number of carbonyl (C=O) groups is 2. The summed E-state index contributed by atoms with van der Waals surface area (Å²) in [4.78, 5) is 28.1. The Hall–Kier alpha value is -1.88. The molecule has 5 fully saturated rings. The number of hydrogen-bond donors (Lipinski definition) is 2. The molecule has 1 aromatic carbocycles. The first kappa shape index (κ1) is 35.0. The molecule has 5 heteroatoms. The first-order valence-corrected chi connectivity index (χ1v) is 19.3. The lowest BCUT2D eigenvalue weighted by molar-refractivity contribution is -0.239. The van der Waals surface area contributed by atoms with Crippen LogP contribution in [0.2, 0.25) is 0 Å². The maximum Gasteiger partial charge on any atom is 0.335 e. The number of carboxylic acids is 1. The van der Waals surface area contributed by atoms with Gasteiger partial charge in [-0.25, -0.2) is 4.79 Å². The van der Waals surface area contributed by atoms with Gasteiger partial charge in [0, 0.05) is 6.54 Å². The number of amides is 1. The Bertz CT molecular complexity index is 1340. The van der Waals surface area contributed by atoms with Gasteiger partial charge in [0.25, 0.3) is 0 Å². The number of nitrogens with one attached hydrogen (secondary N) is 1. The Morgan fingerprint density at radius 1 is 0.851 bits per heavy atom.